The number of benzene rings is 2. The fraction of sp³-hybridized carbons (Fsp3) is 0.300. The molecule has 2 atom stereocenters. The first kappa shape index (κ1) is 18.1. The third-order valence-corrected chi connectivity index (χ3v) is 5.42. The van der Waals surface area contributed by atoms with Gasteiger partial charge in [0.15, 0.2) is 0 Å². The minimum absolute atomic E-state index is 0.0614. The summed E-state index contributed by atoms with van der Waals surface area (Å²) in [5.74, 6) is -1.39. The van der Waals surface area contributed by atoms with Gasteiger partial charge in [0.1, 0.15) is 16.4 Å². The molecule has 0 aliphatic carbocycles. The average molecular weight is 380 g/mol. The third-order valence-electron chi connectivity index (χ3n) is 5.42. The number of aromatic amines is 1. The van der Waals surface area contributed by atoms with Crippen LogP contribution in [0.5, 0.6) is 0 Å². The number of likely N-dealkylation sites (tertiary alicyclic amines) is 1. The Bertz CT molecular complexity index is 1020. The number of aliphatic carboxylic acids is 1. The van der Waals surface area contributed by atoms with E-state index in [1.807, 2.05) is 30.3 Å². The molecule has 0 bridgehead atoms. The highest BCUT2D eigenvalue weighted by atomic mass is 16.4. The van der Waals surface area contributed by atoms with Crippen molar-refractivity contribution >= 4 is 22.9 Å². The lowest BCUT2D eigenvalue weighted by Gasteiger charge is -2.43. The maximum atomic E-state index is 13.0. The van der Waals surface area contributed by atoms with Crippen LogP contribution >= 0.6 is 0 Å². The normalized spacial score (nSPS) is 22.3. The SMILES string of the molecule is O=C(c1ccc2n[nH]nc2c1)N1CC[C@H](O)[C@](Cc2ccccc2)(C(=O)O)C1. The van der Waals surface area contributed by atoms with Gasteiger partial charge in [-0.2, -0.15) is 15.4 Å². The van der Waals surface area contributed by atoms with E-state index in [4.69, 9.17) is 0 Å². The van der Waals surface area contributed by atoms with E-state index in [0.29, 0.717) is 23.1 Å². The molecule has 0 unspecified atom stereocenters. The quantitative estimate of drug-likeness (QED) is 0.631. The van der Waals surface area contributed by atoms with E-state index in [-0.39, 0.29) is 25.3 Å². The molecular formula is C20H20N4O4. The summed E-state index contributed by atoms with van der Waals surface area (Å²) in [5, 5.41) is 31.0. The number of fused-ring (bicyclic) bond motifs is 1. The van der Waals surface area contributed by atoms with Crippen LogP contribution in [-0.4, -0.2) is 61.6 Å². The first-order chi connectivity index (χ1) is 13.5. The van der Waals surface area contributed by atoms with Crippen molar-refractivity contribution in [3.63, 3.8) is 0 Å². The second-order valence-electron chi connectivity index (χ2n) is 7.18. The van der Waals surface area contributed by atoms with Gasteiger partial charge in [-0.15, -0.1) is 0 Å². The number of nitrogens with one attached hydrogen (secondary N) is 1. The Kier molecular flexibility index (Phi) is 4.56. The monoisotopic (exact) mass is 380 g/mol. The summed E-state index contributed by atoms with van der Waals surface area (Å²) >= 11 is 0. The van der Waals surface area contributed by atoms with Crippen LogP contribution in [0.2, 0.25) is 0 Å². The minimum Gasteiger partial charge on any atom is -0.481 e. The van der Waals surface area contributed by atoms with Crippen molar-refractivity contribution in [1.29, 1.82) is 0 Å². The van der Waals surface area contributed by atoms with Crippen molar-refractivity contribution in [2.75, 3.05) is 13.1 Å². The number of piperidine rings is 1. The average Bonchev–Trinajstić information content (AvgIpc) is 3.17. The number of rotatable bonds is 4. The molecule has 1 aromatic heterocycles. The topological polar surface area (TPSA) is 119 Å². The zero-order chi connectivity index (χ0) is 19.7. The minimum atomic E-state index is -1.45. The molecular weight excluding hydrogens is 360 g/mol. The van der Waals surface area contributed by atoms with Crippen LogP contribution in [0.25, 0.3) is 11.0 Å². The fourth-order valence-corrected chi connectivity index (χ4v) is 3.83. The van der Waals surface area contributed by atoms with Gasteiger partial charge >= 0.3 is 5.97 Å². The molecule has 8 nitrogen and oxygen atoms in total. The molecule has 1 fully saturated rings. The Balaban J connectivity index is 1.63. The molecule has 1 aliphatic rings. The predicted molar refractivity (Wildman–Crippen MR) is 101 cm³/mol. The Morgan fingerprint density at radius 2 is 1.89 bits per heavy atom. The number of carboxylic acid groups (broad SMARTS) is 1. The van der Waals surface area contributed by atoms with E-state index in [2.05, 4.69) is 15.4 Å². The van der Waals surface area contributed by atoms with E-state index in [9.17, 15) is 19.8 Å². The van der Waals surface area contributed by atoms with E-state index < -0.39 is 17.5 Å². The van der Waals surface area contributed by atoms with Crippen LogP contribution in [0, 0.1) is 5.41 Å². The van der Waals surface area contributed by atoms with Gasteiger partial charge < -0.3 is 15.1 Å². The highest BCUT2D eigenvalue weighted by Gasteiger charge is 2.50. The van der Waals surface area contributed by atoms with Gasteiger partial charge in [-0.25, -0.2) is 0 Å². The number of carboxylic acids is 1. The lowest BCUT2D eigenvalue weighted by molar-refractivity contribution is -0.161. The molecule has 144 valence electrons. The maximum absolute atomic E-state index is 13.0. The second kappa shape index (κ2) is 7.05. The summed E-state index contributed by atoms with van der Waals surface area (Å²) < 4.78 is 0. The Labute approximate surface area is 160 Å². The van der Waals surface area contributed by atoms with Crippen molar-refractivity contribution in [2.24, 2.45) is 5.41 Å². The number of aliphatic hydroxyl groups is 1. The van der Waals surface area contributed by atoms with Gasteiger partial charge in [-0.3, -0.25) is 9.59 Å². The largest absolute Gasteiger partial charge is 0.481 e. The number of hydrogen-bond acceptors (Lipinski definition) is 5. The standard InChI is InChI=1S/C20H20N4O4/c25-17-8-9-24(18(26)14-6-7-15-16(10-14)22-23-21-15)12-20(17,19(27)28)11-13-4-2-1-3-5-13/h1-7,10,17,25H,8-9,11-12H2,(H,27,28)(H,21,22,23)/t17-,20+/m0/s1. The summed E-state index contributed by atoms with van der Waals surface area (Å²) in [5.41, 5.74) is 0.984. The molecule has 0 saturated carbocycles. The number of nitrogens with zero attached hydrogens (tertiary/aromatic N) is 3. The second-order valence-corrected chi connectivity index (χ2v) is 7.18. The predicted octanol–water partition coefficient (Wildman–Crippen LogP) is 1.48. The zero-order valence-corrected chi connectivity index (χ0v) is 15.1. The van der Waals surface area contributed by atoms with Crippen molar-refractivity contribution in [3.05, 3.63) is 59.7 Å². The molecule has 1 saturated heterocycles. The molecule has 8 heteroatoms. The molecule has 1 amide bonds. The maximum Gasteiger partial charge on any atom is 0.314 e. The Morgan fingerprint density at radius 1 is 1.14 bits per heavy atom. The lowest BCUT2D eigenvalue weighted by Crippen LogP contribution is -2.58. The Hall–Kier alpha value is -3.26. The number of aromatic nitrogens is 3. The van der Waals surface area contributed by atoms with Gasteiger partial charge in [0, 0.05) is 18.7 Å². The lowest BCUT2D eigenvalue weighted by atomic mass is 9.72. The third kappa shape index (κ3) is 3.11. The van der Waals surface area contributed by atoms with E-state index >= 15 is 0 Å². The number of carbonyl (C=O) groups excluding carboxylic acids is 1. The summed E-state index contributed by atoms with van der Waals surface area (Å²) in [7, 11) is 0. The van der Waals surface area contributed by atoms with Crippen LogP contribution in [0.1, 0.15) is 22.3 Å². The van der Waals surface area contributed by atoms with Crippen molar-refractivity contribution in [1.82, 2.24) is 20.3 Å². The zero-order valence-electron chi connectivity index (χ0n) is 15.1. The molecule has 3 N–H and O–H groups in total. The van der Waals surface area contributed by atoms with Gasteiger partial charge in [0.2, 0.25) is 0 Å². The summed E-state index contributed by atoms with van der Waals surface area (Å²) in [4.78, 5) is 26.7. The van der Waals surface area contributed by atoms with Crippen molar-refractivity contribution < 1.29 is 19.8 Å². The number of H-pyrrole nitrogens is 1. The highest BCUT2D eigenvalue weighted by Crippen LogP contribution is 2.35. The molecule has 28 heavy (non-hydrogen) atoms. The van der Waals surface area contributed by atoms with Crippen molar-refractivity contribution in [3.8, 4) is 0 Å². The molecule has 0 spiro atoms. The van der Waals surface area contributed by atoms with E-state index in [1.54, 1.807) is 18.2 Å². The molecule has 2 heterocycles. The fourth-order valence-electron chi connectivity index (χ4n) is 3.83. The van der Waals surface area contributed by atoms with Crippen LogP contribution in [0.15, 0.2) is 48.5 Å². The number of carbonyl (C=O) groups is 2. The van der Waals surface area contributed by atoms with Gasteiger partial charge in [0.25, 0.3) is 5.91 Å². The van der Waals surface area contributed by atoms with Gasteiger partial charge in [-0.05, 0) is 36.6 Å². The van der Waals surface area contributed by atoms with Gasteiger partial charge in [0.05, 0.1) is 6.10 Å². The molecule has 4 rings (SSSR count). The van der Waals surface area contributed by atoms with Crippen LogP contribution < -0.4 is 0 Å². The van der Waals surface area contributed by atoms with E-state index in [1.165, 1.54) is 4.90 Å². The van der Waals surface area contributed by atoms with E-state index in [0.717, 1.165) is 5.56 Å². The first-order valence-electron chi connectivity index (χ1n) is 9.05. The van der Waals surface area contributed by atoms with Gasteiger partial charge in [-0.1, -0.05) is 30.3 Å². The Morgan fingerprint density at radius 3 is 2.64 bits per heavy atom. The molecule has 1 aliphatic heterocycles. The van der Waals surface area contributed by atoms with Crippen LogP contribution in [0.4, 0.5) is 0 Å². The molecule has 2 aromatic carbocycles. The smallest absolute Gasteiger partial charge is 0.314 e. The number of amides is 1. The molecule has 3 aromatic rings. The molecule has 0 radical (unpaired) electrons. The summed E-state index contributed by atoms with van der Waals surface area (Å²) in [6.45, 7) is 0.231. The summed E-state index contributed by atoms with van der Waals surface area (Å²) in [6, 6.07) is 14.1. The van der Waals surface area contributed by atoms with Crippen LogP contribution in [-0.2, 0) is 11.2 Å². The van der Waals surface area contributed by atoms with Crippen LogP contribution in [0.3, 0.4) is 0 Å². The summed E-state index contributed by atoms with van der Waals surface area (Å²) in [6.07, 6.45) is -0.680. The number of aliphatic hydroxyl groups excluding tert-OH is 1. The van der Waals surface area contributed by atoms with Crippen molar-refractivity contribution in [2.45, 2.75) is 18.9 Å². The first-order valence-corrected chi connectivity index (χ1v) is 9.05. The highest BCUT2D eigenvalue weighted by molar-refractivity contribution is 5.97. The number of hydrogen-bond donors (Lipinski definition) is 3.